The van der Waals surface area contributed by atoms with Gasteiger partial charge < -0.3 is 23.8 Å². The second-order valence-corrected chi connectivity index (χ2v) is 12.1. The molecule has 2 aliphatic rings. The molecule has 214 valence electrons. The molecule has 0 atom stereocenters. The van der Waals surface area contributed by atoms with Crippen molar-refractivity contribution in [3.63, 3.8) is 0 Å². The van der Waals surface area contributed by atoms with Crippen LogP contribution >= 0.6 is 27.7 Å². The number of morpholine rings is 1. The summed E-state index contributed by atoms with van der Waals surface area (Å²) in [5.74, 6) is 0.939. The summed E-state index contributed by atoms with van der Waals surface area (Å²) < 4.78 is 23.2. The highest BCUT2D eigenvalue weighted by Crippen LogP contribution is 2.39. The van der Waals surface area contributed by atoms with E-state index in [2.05, 4.69) is 48.8 Å². The highest BCUT2D eigenvalue weighted by atomic mass is 79.9. The van der Waals surface area contributed by atoms with Crippen LogP contribution in [0.1, 0.15) is 31.9 Å². The first kappa shape index (κ1) is 30.0. The Morgan fingerprint density at radius 2 is 1.75 bits per heavy atom. The van der Waals surface area contributed by atoms with Gasteiger partial charge in [0.05, 0.1) is 29.7 Å². The van der Waals surface area contributed by atoms with Crippen LogP contribution in [0.2, 0.25) is 0 Å². The van der Waals surface area contributed by atoms with Crippen molar-refractivity contribution >= 4 is 50.8 Å². The Labute approximate surface area is 246 Å². The number of rotatable bonds is 9. The Kier molecular flexibility index (Phi) is 9.81. The molecule has 2 fully saturated rings. The minimum Gasteiger partial charge on any atom is -0.493 e. The molecular formula is C29H33BrN2O7S. The van der Waals surface area contributed by atoms with Gasteiger partial charge in [-0.25, -0.2) is 0 Å². The molecule has 0 bridgehead atoms. The fourth-order valence-corrected chi connectivity index (χ4v) is 5.57. The fraction of sp³-hybridized carbons (Fsp3) is 0.414. The molecule has 3 amide bonds. The number of carbonyl (C=O) groups is 3. The second-order valence-electron chi connectivity index (χ2n) is 10.3. The van der Waals surface area contributed by atoms with Crippen molar-refractivity contribution in [3.05, 3.63) is 56.9 Å². The number of hydrogen-bond acceptors (Lipinski definition) is 8. The third-order valence-electron chi connectivity index (χ3n) is 6.40. The maximum absolute atomic E-state index is 12.9. The first-order valence-electron chi connectivity index (χ1n) is 12.9. The van der Waals surface area contributed by atoms with Gasteiger partial charge in [-0.05, 0) is 74.6 Å². The molecule has 40 heavy (non-hydrogen) atoms. The monoisotopic (exact) mass is 632 g/mol. The minimum atomic E-state index is -0.500. The van der Waals surface area contributed by atoms with Crippen LogP contribution < -0.4 is 14.2 Å². The zero-order valence-corrected chi connectivity index (χ0v) is 25.4. The molecular weight excluding hydrogens is 600 g/mol. The summed E-state index contributed by atoms with van der Waals surface area (Å²) >= 11 is 4.33. The Morgan fingerprint density at radius 1 is 1.07 bits per heavy atom. The lowest BCUT2D eigenvalue weighted by Crippen LogP contribution is -2.46. The smallest absolute Gasteiger partial charge is 0.294 e. The lowest BCUT2D eigenvalue weighted by Gasteiger charge is -2.28. The lowest BCUT2D eigenvalue weighted by molar-refractivity contribution is -0.139. The van der Waals surface area contributed by atoms with Crippen molar-refractivity contribution in [2.75, 3.05) is 53.2 Å². The highest BCUT2D eigenvalue weighted by molar-refractivity contribution is 9.10. The summed E-state index contributed by atoms with van der Waals surface area (Å²) in [5.41, 5.74) is 1.94. The normalized spacial score (nSPS) is 17.0. The first-order chi connectivity index (χ1) is 19.1. The molecule has 9 nitrogen and oxygen atoms in total. The number of ether oxygens (including phenoxy) is 4. The van der Waals surface area contributed by atoms with E-state index >= 15 is 0 Å². The van der Waals surface area contributed by atoms with Gasteiger partial charge in [-0.1, -0.05) is 32.9 Å². The average molecular weight is 634 g/mol. The number of hydrogen-bond donors (Lipinski definition) is 0. The molecule has 0 aromatic heterocycles. The van der Waals surface area contributed by atoms with Crippen LogP contribution in [0, 0.1) is 0 Å². The predicted octanol–water partition coefficient (Wildman–Crippen LogP) is 5.11. The van der Waals surface area contributed by atoms with Crippen LogP contribution in [0.25, 0.3) is 6.08 Å². The fourth-order valence-electron chi connectivity index (χ4n) is 4.15. The van der Waals surface area contributed by atoms with Gasteiger partial charge in [0.1, 0.15) is 25.5 Å². The van der Waals surface area contributed by atoms with Gasteiger partial charge in [-0.3, -0.25) is 19.3 Å². The van der Waals surface area contributed by atoms with E-state index in [0.29, 0.717) is 54.4 Å². The summed E-state index contributed by atoms with van der Waals surface area (Å²) in [6.45, 7) is 8.62. The van der Waals surface area contributed by atoms with E-state index in [-0.39, 0.29) is 29.4 Å². The number of nitrogens with zero attached hydrogens (tertiary/aromatic N) is 2. The summed E-state index contributed by atoms with van der Waals surface area (Å²) in [6.07, 6.45) is 1.60. The number of methoxy groups -OCH3 is 1. The maximum Gasteiger partial charge on any atom is 0.294 e. The molecule has 0 unspecified atom stereocenters. The van der Waals surface area contributed by atoms with Crippen molar-refractivity contribution in [1.82, 2.24) is 9.80 Å². The number of halogens is 1. The molecule has 0 aliphatic carbocycles. The van der Waals surface area contributed by atoms with E-state index in [4.69, 9.17) is 18.9 Å². The Balaban J connectivity index is 1.37. The predicted molar refractivity (Wildman–Crippen MR) is 157 cm³/mol. The highest BCUT2D eigenvalue weighted by Gasteiger charge is 2.37. The Morgan fingerprint density at radius 3 is 2.40 bits per heavy atom. The van der Waals surface area contributed by atoms with Gasteiger partial charge >= 0.3 is 0 Å². The summed E-state index contributed by atoms with van der Waals surface area (Å²) in [6, 6.07) is 11.5. The Bertz CT molecular complexity index is 1280. The van der Waals surface area contributed by atoms with Crippen molar-refractivity contribution in [2.45, 2.75) is 26.2 Å². The molecule has 0 spiro atoms. The molecule has 2 aromatic rings. The van der Waals surface area contributed by atoms with E-state index in [1.807, 2.05) is 12.1 Å². The van der Waals surface area contributed by atoms with Crippen LogP contribution in [0.3, 0.4) is 0 Å². The molecule has 2 aliphatic heterocycles. The van der Waals surface area contributed by atoms with E-state index in [0.717, 1.165) is 22.4 Å². The topological polar surface area (TPSA) is 94.6 Å². The standard InChI is InChI=1S/C29H33BrN2O7S/c1-29(2,3)20-5-7-21(8-6-20)38-13-14-39-26-22(30)15-19(16-23(26)36-4)17-24-27(34)32(28(35)40-24)18-25(33)31-9-11-37-12-10-31/h5-8,15-17H,9-14,18H2,1-4H3/b24-17-. The largest absolute Gasteiger partial charge is 0.493 e. The van der Waals surface area contributed by atoms with Gasteiger partial charge in [0.25, 0.3) is 11.1 Å². The van der Waals surface area contributed by atoms with Crippen LogP contribution in [-0.2, 0) is 19.7 Å². The quantitative estimate of drug-likeness (QED) is 0.278. The van der Waals surface area contributed by atoms with Crippen molar-refractivity contribution in [3.8, 4) is 17.2 Å². The van der Waals surface area contributed by atoms with E-state index in [1.54, 1.807) is 23.1 Å². The molecule has 2 heterocycles. The van der Waals surface area contributed by atoms with Gasteiger partial charge in [-0.15, -0.1) is 0 Å². The number of imide groups is 1. The summed E-state index contributed by atoms with van der Waals surface area (Å²) in [7, 11) is 1.52. The molecule has 2 saturated heterocycles. The molecule has 0 radical (unpaired) electrons. The SMILES string of the molecule is COc1cc(/C=C2\SC(=O)N(CC(=O)N3CCOCC3)C2=O)cc(Br)c1OCCOc1ccc(C(C)(C)C)cc1. The van der Waals surface area contributed by atoms with Crippen LogP contribution in [0.5, 0.6) is 17.2 Å². The zero-order chi connectivity index (χ0) is 28.9. The third-order valence-corrected chi connectivity index (χ3v) is 7.90. The molecule has 0 N–H and O–H groups in total. The number of benzene rings is 2. The third kappa shape index (κ3) is 7.38. The Hall–Kier alpha value is -3.02. The second kappa shape index (κ2) is 13.1. The van der Waals surface area contributed by atoms with Crippen molar-refractivity contribution < 1.29 is 33.3 Å². The van der Waals surface area contributed by atoms with E-state index in [1.165, 1.54) is 12.7 Å². The van der Waals surface area contributed by atoms with E-state index in [9.17, 15) is 14.4 Å². The van der Waals surface area contributed by atoms with Gasteiger partial charge in [0.2, 0.25) is 5.91 Å². The van der Waals surface area contributed by atoms with Crippen LogP contribution in [0.4, 0.5) is 4.79 Å². The van der Waals surface area contributed by atoms with Crippen molar-refractivity contribution in [2.24, 2.45) is 0 Å². The van der Waals surface area contributed by atoms with E-state index < -0.39 is 11.1 Å². The molecule has 0 saturated carbocycles. The molecule has 4 rings (SSSR count). The minimum absolute atomic E-state index is 0.0767. The average Bonchev–Trinajstić information content (AvgIpc) is 3.19. The molecule has 2 aromatic carbocycles. The number of amides is 3. The van der Waals surface area contributed by atoms with Gasteiger partial charge in [0.15, 0.2) is 11.5 Å². The molecule has 11 heteroatoms. The first-order valence-corrected chi connectivity index (χ1v) is 14.5. The van der Waals surface area contributed by atoms with Crippen LogP contribution in [0.15, 0.2) is 45.8 Å². The number of carbonyl (C=O) groups excluding carboxylic acids is 3. The van der Waals surface area contributed by atoms with Gasteiger partial charge in [-0.2, -0.15) is 0 Å². The van der Waals surface area contributed by atoms with Crippen LogP contribution in [-0.4, -0.2) is 80.0 Å². The van der Waals surface area contributed by atoms with Crippen molar-refractivity contribution in [1.29, 1.82) is 0 Å². The summed E-state index contributed by atoms with van der Waals surface area (Å²) in [5, 5.41) is -0.475. The summed E-state index contributed by atoms with van der Waals surface area (Å²) in [4.78, 5) is 40.8. The number of thioether (sulfide) groups is 1. The lowest BCUT2D eigenvalue weighted by atomic mass is 9.87. The zero-order valence-electron chi connectivity index (χ0n) is 23.0. The maximum atomic E-state index is 12.9. The van der Waals surface area contributed by atoms with Gasteiger partial charge in [0, 0.05) is 13.1 Å².